The number of esters is 1. The molecule has 8 heteroatoms. The number of ether oxygens (including phenoxy) is 2. The Hall–Kier alpha value is -3.39. The standard InChI is InChI=1S/C22H20FNO5S/c1-15-12-17(23)10-11-21(15)30(26,27)24-20-9-4-3-8-19(20)22(25)29-14-16-6-5-7-18(13-16)28-2/h3-13,24H,14H2,1-2H3. The number of nitrogens with one attached hydrogen (secondary N) is 1. The maximum absolute atomic E-state index is 13.3. The van der Waals surface area contributed by atoms with Crippen LogP contribution in [0.25, 0.3) is 0 Å². The Labute approximate surface area is 174 Å². The Kier molecular flexibility index (Phi) is 6.37. The number of rotatable bonds is 7. The highest BCUT2D eigenvalue weighted by molar-refractivity contribution is 7.92. The number of anilines is 1. The molecule has 0 aliphatic heterocycles. The fourth-order valence-electron chi connectivity index (χ4n) is 2.85. The highest BCUT2D eigenvalue weighted by atomic mass is 32.2. The largest absolute Gasteiger partial charge is 0.497 e. The molecule has 1 N–H and O–H groups in total. The van der Waals surface area contributed by atoms with Gasteiger partial charge in [0.1, 0.15) is 18.2 Å². The molecule has 0 unspecified atom stereocenters. The predicted molar refractivity (Wildman–Crippen MR) is 111 cm³/mol. The highest BCUT2D eigenvalue weighted by Crippen LogP contribution is 2.24. The molecule has 0 saturated carbocycles. The minimum atomic E-state index is -4.03. The van der Waals surface area contributed by atoms with E-state index in [1.54, 1.807) is 36.4 Å². The van der Waals surface area contributed by atoms with Crippen molar-refractivity contribution in [2.75, 3.05) is 11.8 Å². The molecule has 0 bridgehead atoms. The number of para-hydroxylation sites is 1. The van der Waals surface area contributed by atoms with Gasteiger partial charge < -0.3 is 9.47 Å². The van der Waals surface area contributed by atoms with Crippen molar-refractivity contribution in [3.63, 3.8) is 0 Å². The van der Waals surface area contributed by atoms with Crippen molar-refractivity contribution in [1.82, 2.24) is 0 Å². The second kappa shape index (κ2) is 8.96. The monoisotopic (exact) mass is 429 g/mol. The van der Waals surface area contributed by atoms with E-state index in [1.165, 1.54) is 32.2 Å². The van der Waals surface area contributed by atoms with Crippen LogP contribution < -0.4 is 9.46 Å². The molecule has 6 nitrogen and oxygen atoms in total. The number of sulfonamides is 1. The SMILES string of the molecule is COc1cccc(COC(=O)c2ccccc2NS(=O)(=O)c2ccc(F)cc2C)c1. The van der Waals surface area contributed by atoms with Gasteiger partial charge in [-0.25, -0.2) is 17.6 Å². The summed E-state index contributed by atoms with van der Waals surface area (Å²) in [5.74, 6) is -0.591. The van der Waals surface area contributed by atoms with Crippen LogP contribution in [-0.2, 0) is 21.4 Å². The van der Waals surface area contributed by atoms with Gasteiger partial charge in [-0.15, -0.1) is 0 Å². The second-order valence-corrected chi connectivity index (χ2v) is 8.14. The lowest BCUT2D eigenvalue weighted by atomic mass is 10.2. The van der Waals surface area contributed by atoms with Crippen molar-refractivity contribution in [1.29, 1.82) is 0 Å². The quantitative estimate of drug-likeness (QED) is 0.567. The van der Waals surface area contributed by atoms with E-state index >= 15 is 0 Å². The van der Waals surface area contributed by atoms with Gasteiger partial charge in [-0.2, -0.15) is 0 Å². The van der Waals surface area contributed by atoms with Gasteiger partial charge in [0.2, 0.25) is 0 Å². The van der Waals surface area contributed by atoms with Gasteiger partial charge >= 0.3 is 5.97 Å². The average Bonchev–Trinajstić information content (AvgIpc) is 2.72. The maximum atomic E-state index is 13.3. The van der Waals surface area contributed by atoms with Crippen molar-refractivity contribution >= 4 is 21.7 Å². The van der Waals surface area contributed by atoms with Gasteiger partial charge in [0, 0.05) is 0 Å². The first kappa shape index (κ1) is 21.3. The molecule has 0 aliphatic rings. The predicted octanol–water partition coefficient (Wildman–Crippen LogP) is 4.30. The Morgan fingerprint density at radius 3 is 2.53 bits per heavy atom. The van der Waals surface area contributed by atoms with E-state index < -0.39 is 21.8 Å². The molecular formula is C22H20FNO5S. The summed E-state index contributed by atoms with van der Waals surface area (Å²) in [5, 5.41) is 0. The lowest BCUT2D eigenvalue weighted by molar-refractivity contribution is 0.0473. The molecule has 0 heterocycles. The molecule has 0 atom stereocenters. The fraction of sp³-hybridized carbons (Fsp3) is 0.136. The Bertz CT molecular complexity index is 1180. The number of methoxy groups -OCH3 is 1. The first-order valence-corrected chi connectivity index (χ1v) is 10.5. The number of benzene rings is 3. The molecule has 0 spiro atoms. The normalized spacial score (nSPS) is 11.0. The van der Waals surface area contributed by atoms with E-state index in [2.05, 4.69) is 4.72 Å². The van der Waals surface area contributed by atoms with Gasteiger partial charge in [-0.05, 0) is 60.5 Å². The summed E-state index contributed by atoms with van der Waals surface area (Å²) in [5.41, 5.74) is 1.10. The van der Waals surface area contributed by atoms with Crippen LogP contribution in [0.4, 0.5) is 10.1 Å². The minimum absolute atomic E-state index is 0.00577. The van der Waals surface area contributed by atoms with Crippen LogP contribution in [0, 0.1) is 12.7 Å². The zero-order chi connectivity index (χ0) is 21.7. The number of aryl methyl sites for hydroxylation is 1. The number of halogens is 1. The smallest absolute Gasteiger partial charge is 0.340 e. The van der Waals surface area contributed by atoms with Crippen LogP contribution in [0.5, 0.6) is 5.75 Å². The molecule has 3 rings (SSSR count). The van der Waals surface area contributed by atoms with Crippen LogP contribution in [0.2, 0.25) is 0 Å². The molecule has 3 aromatic carbocycles. The average molecular weight is 429 g/mol. The Balaban J connectivity index is 1.80. The molecule has 0 aromatic heterocycles. The first-order chi connectivity index (χ1) is 14.3. The van der Waals surface area contributed by atoms with E-state index in [0.29, 0.717) is 5.75 Å². The molecule has 0 fully saturated rings. The minimum Gasteiger partial charge on any atom is -0.497 e. The van der Waals surface area contributed by atoms with Crippen molar-refractivity contribution in [3.05, 3.63) is 89.2 Å². The van der Waals surface area contributed by atoms with Gasteiger partial charge in [0.15, 0.2) is 0 Å². The van der Waals surface area contributed by atoms with Gasteiger partial charge in [0.25, 0.3) is 10.0 Å². The summed E-state index contributed by atoms with van der Waals surface area (Å²) < 4.78 is 51.7. The number of carbonyl (C=O) groups excluding carboxylic acids is 1. The van der Waals surface area contributed by atoms with E-state index in [9.17, 15) is 17.6 Å². The Morgan fingerprint density at radius 1 is 1.03 bits per heavy atom. The van der Waals surface area contributed by atoms with Crippen molar-refractivity contribution < 1.29 is 27.1 Å². The van der Waals surface area contributed by atoms with Gasteiger partial charge in [-0.1, -0.05) is 24.3 Å². The van der Waals surface area contributed by atoms with E-state index in [1.807, 2.05) is 0 Å². The number of hydrogen-bond donors (Lipinski definition) is 1. The molecule has 156 valence electrons. The highest BCUT2D eigenvalue weighted by Gasteiger charge is 2.21. The molecule has 30 heavy (non-hydrogen) atoms. The van der Waals surface area contributed by atoms with Crippen LogP contribution in [-0.4, -0.2) is 21.5 Å². The van der Waals surface area contributed by atoms with Crippen LogP contribution in [0.15, 0.2) is 71.6 Å². The number of carbonyl (C=O) groups is 1. The molecular weight excluding hydrogens is 409 g/mol. The van der Waals surface area contributed by atoms with Crippen LogP contribution in [0.1, 0.15) is 21.5 Å². The number of hydrogen-bond acceptors (Lipinski definition) is 5. The second-order valence-electron chi connectivity index (χ2n) is 6.49. The summed E-state index contributed by atoms with van der Waals surface area (Å²) in [6.45, 7) is 1.49. The molecule has 0 radical (unpaired) electrons. The summed E-state index contributed by atoms with van der Waals surface area (Å²) in [6, 6.07) is 16.5. The molecule has 0 amide bonds. The van der Waals surface area contributed by atoms with E-state index in [4.69, 9.17) is 9.47 Å². The summed E-state index contributed by atoms with van der Waals surface area (Å²) in [7, 11) is -2.50. The third-order valence-corrected chi connectivity index (χ3v) is 5.85. The molecule has 3 aromatic rings. The van der Waals surface area contributed by atoms with Gasteiger partial charge in [-0.3, -0.25) is 4.72 Å². The lowest BCUT2D eigenvalue weighted by Gasteiger charge is -2.14. The zero-order valence-electron chi connectivity index (χ0n) is 16.4. The zero-order valence-corrected chi connectivity index (χ0v) is 17.2. The van der Waals surface area contributed by atoms with Crippen LogP contribution in [0.3, 0.4) is 0 Å². The summed E-state index contributed by atoms with van der Waals surface area (Å²) in [6.07, 6.45) is 0. The van der Waals surface area contributed by atoms with Crippen molar-refractivity contribution in [2.45, 2.75) is 18.4 Å². The maximum Gasteiger partial charge on any atom is 0.340 e. The van der Waals surface area contributed by atoms with Gasteiger partial charge in [0.05, 0.1) is 23.3 Å². The van der Waals surface area contributed by atoms with E-state index in [0.717, 1.165) is 17.7 Å². The molecule has 0 saturated heterocycles. The Morgan fingerprint density at radius 2 is 1.80 bits per heavy atom. The summed E-state index contributed by atoms with van der Waals surface area (Å²) >= 11 is 0. The summed E-state index contributed by atoms with van der Waals surface area (Å²) in [4.78, 5) is 12.5. The first-order valence-electron chi connectivity index (χ1n) is 8.98. The lowest BCUT2D eigenvalue weighted by Crippen LogP contribution is -2.17. The van der Waals surface area contributed by atoms with Crippen molar-refractivity contribution in [2.24, 2.45) is 0 Å². The fourth-order valence-corrected chi connectivity index (χ4v) is 4.16. The van der Waals surface area contributed by atoms with Crippen molar-refractivity contribution in [3.8, 4) is 5.75 Å². The topological polar surface area (TPSA) is 81.7 Å². The molecule has 0 aliphatic carbocycles. The van der Waals surface area contributed by atoms with Crippen LogP contribution >= 0.6 is 0 Å². The third kappa shape index (κ3) is 4.96. The third-order valence-electron chi connectivity index (χ3n) is 4.32. The van der Waals surface area contributed by atoms with E-state index in [-0.39, 0.29) is 28.3 Å².